The van der Waals surface area contributed by atoms with Crippen molar-refractivity contribution in [3.63, 3.8) is 0 Å². The number of fused-ring (bicyclic) bond motifs is 3. The minimum atomic E-state index is -0.481. The molecule has 2 bridgehead atoms. The van der Waals surface area contributed by atoms with Gasteiger partial charge in [-0.2, -0.15) is 0 Å². The van der Waals surface area contributed by atoms with Crippen molar-refractivity contribution in [2.45, 2.75) is 18.9 Å². The highest BCUT2D eigenvalue weighted by atomic mass is 35.5. The Hall–Kier alpha value is -2.44. The van der Waals surface area contributed by atoms with Gasteiger partial charge in [-0.25, -0.2) is 14.4 Å². The molecule has 26 heavy (non-hydrogen) atoms. The van der Waals surface area contributed by atoms with E-state index in [0.717, 1.165) is 31.5 Å². The number of carbonyl (C=O) groups is 1. The van der Waals surface area contributed by atoms with Crippen LogP contribution < -0.4 is 0 Å². The number of halogens is 2. The van der Waals surface area contributed by atoms with Crippen LogP contribution in [0.15, 0.2) is 36.4 Å². The second kappa shape index (κ2) is 5.79. The molecule has 2 aliphatic heterocycles. The lowest BCUT2D eigenvalue weighted by molar-refractivity contribution is 0.0334. The highest BCUT2D eigenvalue weighted by Crippen LogP contribution is 2.31. The number of imidazole rings is 1. The first kappa shape index (κ1) is 15.8. The number of hydrogen-bond acceptors (Lipinski definition) is 3. The van der Waals surface area contributed by atoms with E-state index in [1.165, 1.54) is 12.1 Å². The van der Waals surface area contributed by atoms with Crippen molar-refractivity contribution in [2.24, 2.45) is 0 Å². The van der Waals surface area contributed by atoms with Gasteiger partial charge < -0.3 is 4.98 Å². The number of piperidine rings is 1. The minimum Gasteiger partial charge on any atom is -0.338 e. The van der Waals surface area contributed by atoms with E-state index in [4.69, 9.17) is 11.6 Å². The summed E-state index contributed by atoms with van der Waals surface area (Å²) in [5, 5.41) is 4.09. The Morgan fingerprint density at radius 2 is 1.92 bits per heavy atom. The molecule has 3 aromatic rings. The van der Waals surface area contributed by atoms with E-state index in [1.54, 1.807) is 0 Å². The van der Waals surface area contributed by atoms with E-state index in [-0.39, 0.29) is 10.9 Å². The molecule has 1 N–H and O–H groups in total. The first-order chi connectivity index (χ1) is 12.6. The Balaban J connectivity index is 1.44. The molecule has 0 spiro atoms. The number of nitrogens with one attached hydrogen (secondary N) is 1. The Morgan fingerprint density at radius 3 is 2.58 bits per heavy atom. The lowest BCUT2D eigenvalue weighted by atomic mass is 10.1. The fourth-order valence-corrected chi connectivity index (χ4v) is 4.04. The Kier molecular flexibility index (Phi) is 3.52. The SMILES string of the molecule is O=C(c1ccc(-c2nc3cc(Cl)c(F)cc3[nH]2)cc1)N1C2CCN1CC2. The minimum absolute atomic E-state index is 0.0479. The third-order valence-electron chi connectivity index (χ3n) is 5.23. The number of H-pyrrole nitrogens is 1. The summed E-state index contributed by atoms with van der Waals surface area (Å²) in [6, 6.07) is 10.5. The number of aromatic nitrogens is 2. The zero-order valence-electron chi connectivity index (χ0n) is 13.9. The van der Waals surface area contributed by atoms with Crippen molar-refractivity contribution >= 4 is 28.5 Å². The molecule has 5 nitrogen and oxygen atoms in total. The topological polar surface area (TPSA) is 52.2 Å². The summed E-state index contributed by atoms with van der Waals surface area (Å²) in [4.78, 5) is 20.3. The highest BCUT2D eigenvalue weighted by molar-refractivity contribution is 6.31. The van der Waals surface area contributed by atoms with E-state index in [9.17, 15) is 9.18 Å². The van der Waals surface area contributed by atoms with Crippen LogP contribution in [0.1, 0.15) is 23.2 Å². The summed E-state index contributed by atoms with van der Waals surface area (Å²) in [5.74, 6) is 0.186. The Bertz CT molecular complexity index is 957. The van der Waals surface area contributed by atoms with Gasteiger partial charge in [0.05, 0.1) is 22.1 Å². The van der Waals surface area contributed by atoms with Crippen LogP contribution in [0, 0.1) is 5.82 Å². The number of rotatable bonds is 2. The number of carbonyl (C=O) groups excluding carboxylic acids is 1. The number of amides is 1. The molecule has 1 amide bonds. The molecule has 2 saturated heterocycles. The van der Waals surface area contributed by atoms with Crippen molar-refractivity contribution < 1.29 is 9.18 Å². The zero-order chi connectivity index (χ0) is 17.8. The molecule has 132 valence electrons. The van der Waals surface area contributed by atoms with Crippen LogP contribution in [-0.4, -0.2) is 45.0 Å². The molecule has 0 atom stereocenters. The van der Waals surface area contributed by atoms with Gasteiger partial charge in [-0.15, -0.1) is 0 Å². The predicted octanol–water partition coefficient (Wildman–Crippen LogP) is 3.86. The van der Waals surface area contributed by atoms with Gasteiger partial charge in [0, 0.05) is 30.3 Å². The quantitative estimate of drug-likeness (QED) is 0.745. The molecule has 3 heterocycles. The van der Waals surface area contributed by atoms with Crippen LogP contribution in [-0.2, 0) is 0 Å². The van der Waals surface area contributed by atoms with Crippen LogP contribution >= 0.6 is 11.6 Å². The standard InChI is InChI=1S/C19H16ClFN4O/c20-14-9-16-17(10-15(14)21)23-18(22-16)11-1-3-12(4-2-11)19(26)25-13-5-7-24(25)8-6-13/h1-4,9-10,13H,5-8H2,(H,22,23). The fourth-order valence-electron chi connectivity index (χ4n) is 3.88. The summed E-state index contributed by atoms with van der Waals surface area (Å²) in [5.41, 5.74) is 2.69. The summed E-state index contributed by atoms with van der Waals surface area (Å²) >= 11 is 5.81. The van der Waals surface area contributed by atoms with Gasteiger partial charge in [0.1, 0.15) is 11.6 Å². The molecule has 0 saturated carbocycles. The molecule has 0 aliphatic carbocycles. The average Bonchev–Trinajstić information content (AvgIpc) is 3.36. The molecule has 5 rings (SSSR count). The number of hydrazine groups is 1. The molecular formula is C19H16ClFN4O. The van der Waals surface area contributed by atoms with Gasteiger partial charge >= 0.3 is 0 Å². The predicted molar refractivity (Wildman–Crippen MR) is 97.3 cm³/mol. The second-order valence-corrected chi connectivity index (χ2v) is 7.19. The molecule has 0 radical (unpaired) electrons. The van der Waals surface area contributed by atoms with Gasteiger partial charge in [0.15, 0.2) is 0 Å². The summed E-state index contributed by atoms with van der Waals surface area (Å²) < 4.78 is 13.6. The van der Waals surface area contributed by atoms with Crippen LogP contribution in [0.3, 0.4) is 0 Å². The maximum Gasteiger partial charge on any atom is 0.268 e. The van der Waals surface area contributed by atoms with E-state index < -0.39 is 5.82 Å². The molecule has 7 heteroatoms. The fraction of sp³-hybridized carbons (Fsp3) is 0.263. The maximum absolute atomic E-state index is 13.6. The van der Waals surface area contributed by atoms with Crippen molar-refractivity contribution in [3.05, 3.63) is 52.8 Å². The third kappa shape index (κ3) is 2.40. The van der Waals surface area contributed by atoms with Crippen LogP contribution in [0.5, 0.6) is 0 Å². The highest BCUT2D eigenvalue weighted by Gasteiger charge is 2.40. The first-order valence-electron chi connectivity index (χ1n) is 8.64. The molecule has 1 aromatic heterocycles. The number of hydrogen-bond donors (Lipinski definition) is 1. The zero-order valence-corrected chi connectivity index (χ0v) is 14.6. The molecule has 2 aliphatic rings. The van der Waals surface area contributed by atoms with Gasteiger partial charge in [0.25, 0.3) is 5.91 Å². The molecular weight excluding hydrogens is 355 g/mol. The number of benzene rings is 2. The average molecular weight is 371 g/mol. The van der Waals surface area contributed by atoms with Crippen molar-refractivity contribution in [1.82, 2.24) is 20.0 Å². The second-order valence-electron chi connectivity index (χ2n) is 6.78. The first-order valence-corrected chi connectivity index (χ1v) is 9.01. The summed E-state index contributed by atoms with van der Waals surface area (Å²) in [6.45, 7) is 1.93. The van der Waals surface area contributed by atoms with Crippen molar-refractivity contribution in [1.29, 1.82) is 0 Å². The monoisotopic (exact) mass is 370 g/mol. The van der Waals surface area contributed by atoms with Gasteiger partial charge in [-0.1, -0.05) is 23.7 Å². The lowest BCUT2D eigenvalue weighted by Crippen LogP contribution is -2.38. The smallest absolute Gasteiger partial charge is 0.268 e. The largest absolute Gasteiger partial charge is 0.338 e. The lowest BCUT2D eigenvalue weighted by Gasteiger charge is -2.23. The number of aromatic amines is 1. The van der Waals surface area contributed by atoms with Gasteiger partial charge in [-0.3, -0.25) is 9.80 Å². The van der Waals surface area contributed by atoms with Gasteiger partial charge in [-0.05, 0) is 31.0 Å². The van der Waals surface area contributed by atoms with Crippen molar-refractivity contribution in [2.75, 3.05) is 13.1 Å². The maximum atomic E-state index is 13.6. The third-order valence-corrected chi connectivity index (χ3v) is 5.52. The molecule has 0 unspecified atom stereocenters. The van der Waals surface area contributed by atoms with Crippen LogP contribution in [0.2, 0.25) is 5.02 Å². The van der Waals surface area contributed by atoms with Gasteiger partial charge in [0.2, 0.25) is 0 Å². The Morgan fingerprint density at radius 1 is 1.19 bits per heavy atom. The summed E-state index contributed by atoms with van der Waals surface area (Å²) in [6.07, 6.45) is 2.11. The molecule has 2 fully saturated rings. The molecule has 2 aromatic carbocycles. The Labute approximate surface area is 154 Å². The van der Waals surface area contributed by atoms with Crippen molar-refractivity contribution in [3.8, 4) is 11.4 Å². The normalized spacial score (nSPS) is 21.7. The van der Waals surface area contributed by atoms with E-state index in [0.29, 0.717) is 28.5 Å². The van der Waals surface area contributed by atoms with Crippen LogP contribution in [0.25, 0.3) is 22.4 Å². The van der Waals surface area contributed by atoms with Crippen LogP contribution in [0.4, 0.5) is 4.39 Å². The van der Waals surface area contributed by atoms with E-state index in [1.807, 2.05) is 29.3 Å². The van der Waals surface area contributed by atoms with E-state index in [2.05, 4.69) is 15.0 Å². The summed E-state index contributed by atoms with van der Waals surface area (Å²) in [7, 11) is 0. The number of nitrogens with zero attached hydrogens (tertiary/aromatic N) is 3. The van der Waals surface area contributed by atoms with E-state index >= 15 is 0 Å².